The highest BCUT2D eigenvalue weighted by Crippen LogP contribution is 2.30. The van der Waals surface area contributed by atoms with E-state index in [0.717, 1.165) is 31.8 Å². The van der Waals surface area contributed by atoms with E-state index in [1.54, 1.807) is 7.11 Å². The Hall–Kier alpha value is -1.84. The number of ether oxygens (including phenoxy) is 1. The van der Waals surface area contributed by atoms with E-state index in [1.807, 2.05) is 24.3 Å². The molecule has 0 saturated carbocycles. The summed E-state index contributed by atoms with van der Waals surface area (Å²) >= 11 is 0. The van der Waals surface area contributed by atoms with Crippen LogP contribution >= 0.6 is 0 Å². The lowest BCUT2D eigenvalue weighted by Crippen LogP contribution is -2.42. The molecule has 2 aromatic rings. The molecule has 0 spiro atoms. The van der Waals surface area contributed by atoms with Gasteiger partial charge in [0.2, 0.25) is 0 Å². The number of nitrogens with zero attached hydrogens (tertiary/aromatic N) is 1. The summed E-state index contributed by atoms with van der Waals surface area (Å²) in [6, 6.07) is 18.5. The van der Waals surface area contributed by atoms with E-state index in [4.69, 9.17) is 4.74 Å². The molecule has 0 radical (unpaired) electrons. The molecule has 2 aromatic carbocycles. The fourth-order valence-electron chi connectivity index (χ4n) is 3.24. The second kappa shape index (κ2) is 6.95. The Morgan fingerprint density at radius 2 is 1.95 bits per heavy atom. The predicted octanol–water partition coefficient (Wildman–Crippen LogP) is 3.05. The van der Waals surface area contributed by atoms with Gasteiger partial charge in [0.15, 0.2) is 0 Å². The summed E-state index contributed by atoms with van der Waals surface area (Å²) in [7, 11) is 1.68. The molecule has 2 unspecified atom stereocenters. The summed E-state index contributed by atoms with van der Waals surface area (Å²) in [6.07, 6.45) is 0.644. The molecule has 0 aliphatic carbocycles. The summed E-state index contributed by atoms with van der Waals surface area (Å²) in [5.74, 6) is 1.05. The number of rotatable bonds is 4. The lowest BCUT2D eigenvalue weighted by atomic mass is 9.87. The van der Waals surface area contributed by atoms with Crippen LogP contribution in [0.25, 0.3) is 0 Å². The number of benzene rings is 2. The predicted molar refractivity (Wildman–Crippen MR) is 88.1 cm³/mol. The van der Waals surface area contributed by atoms with E-state index in [1.165, 1.54) is 11.1 Å². The van der Waals surface area contributed by atoms with Crippen LogP contribution in [0.15, 0.2) is 54.6 Å². The van der Waals surface area contributed by atoms with E-state index in [-0.39, 0.29) is 12.0 Å². The molecule has 1 heterocycles. The zero-order valence-corrected chi connectivity index (χ0v) is 13.0. The van der Waals surface area contributed by atoms with Gasteiger partial charge in [-0.05, 0) is 36.2 Å². The lowest BCUT2D eigenvalue weighted by Gasteiger charge is -2.36. The van der Waals surface area contributed by atoms with Gasteiger partial charge in [-0.1, -0.05) is 42.5 Å². The summed E-state index contributed by atoms with van der Waals surface area (Å²) in [5, 5.41) is 10.6. The van der Waals surface area contributed by atoms with Crippen molar-refractivity contribution in [1.29, 1.82) is 0 Å². The van der Waals surface area contributed by atoms with Crippen LogP contribution in [0.4, 0.5) is 0 Å². The first-order valence-electron chi connectivity index (χ1n) is 7.84. The minimum Gasteiger partial charge on any atom is -0.497 e. The van der Waals surface area contributed by atoms with Gasteiger partial charge in [-0.3, -0.25) is 4.90 Å². The van der Waals surface area contributed by atoms with Crippen molar-refractivity contribution in [3.8, 4) is 5.75 Å². The number of β-amino-alcohol motifs (C(OH)–C–C–N with tert-alkyl or cyclic N) is 1. The summed E-state index contributed by atoms with van der Waals surface area (Å²) < 4.78 is 5.29. The Morgan fingerprint density at radius 3 is 2.68 bits per heavy atom. The molecule has 22 heavy (non-hydrogen) atoms. The Morgan fingerprint density at radius 1 is 1.14 bits per heavy atom. The number of likely N-dealkylation sites (tertiary alicyclic amines) is 1. The van der Waals surface area contributed by atoms with Crippen LogP contribution in [0, 0.1) is 0 Å². The highest BCUT2D eigenvalue weighted by atomic mass is 16.5. The highest BCUT2D eigenvalue weighted by Gasteiger charge is 2.28. The quantitative estimate of drug-likeness (QED) is 0.941. The van der Waals surface area contributed by atoms with Crippen LogP contribution in [0.1, 0.15) is 23.5 Å². The Labute approximate surface area is 132 Å². The maximum atomic E-state index is 10.6. The van der Waals surface area contributed by atoms with Crippen molar-refractivity contribution >= 4 is 0 Å². The molecule has 1 saturated heterocycles. The summed E-state index contributed by atoms with van der Waals surface area (Å²) in [6.45, 7) is 2.63. The standard InChI is InChI=1S/C19H23NO2/c1-22-17-9-5-8-16(12-17)18-10-11-20(14-19(18)21)13-15-6-3-2-4-7-15/h2-9,12,18-19,21H,10-11,13-14H2,1H3. The van der Waals surface area contributed by atoms with E-state index >= 15 is 0 Å². The second-order valence-electron chi connectivity index (χ2n) is 5.96. The maximum Gasteiger partial charge on any atom is 0.119 e. The molecule has 1 N–H and O–H groups in total. The number of hydrogen-bond acceptors (Lipinski definition) is 3. The first kappa shape index (κ1) is 15.1. The summed E-state index contributed by atoms with van der Waals surface area (Å²) in [5.41, 5.74) is 2.47. The molecule has 0 aromatic heterocycles. The van der Waals surface area contributed by atoms with Gasteiger partial charge in [0.1, 0.15) is 5.75 Å². The van der Waals surface area contributed by atoms with Gasteiger partial charge >= 0.3 is 0 Å². The molecule has 3 nitrogen and oxygen atoms in total. The van der Waals surface area contributed by atoms with Crippen LogP contribution < -0.4 is 4.74 Å². The zero-order valence-electron chi connectivity index (χ0n) is 13.0. The average molecular weight is 297 g/mol. The maximum absolute atomic E-state index is 10.6. The molecule has 3 rings (SSSR count). The molecular weight excluding hydrogens is 274 g/mol. The first-order chi connectivity index (χ1) is 10.8. The monoisotopic (exact) mass is 297 g/mol. The first-order valence-corrected chi connectivity index (χ1v) is 7.84. The third-order valence-electron chi connectivity index (χ3n) is 4.44. The molecule has 3 heteroatoms. The molecule has 0 amide bonds. The zero-order chi connectivity index (χ0) is 15.4. The van der Waals surface area contributed by atoms with Crippen molar-refractivity contribution < 1.29 is 9.84 Å². The van der Waals surface area contributed by atoms with Crippen LogP contribution in [0.2, 0.25) is 0 Å². The van der Waals surface area contributed by atoms with E-state index in [9.17, 15) is 5.11 Å². The average Bonchev–Trinajstić information content (AvgIpc) is 2.56. The van der Waals surface area contributed by atoms with E-state index < -0.39 is 0 Å². The number of aliphatic hydroxyl groups excluding tert-OH is 1. The minimum atomic E-state index is -0.329. The van der Waals surface area contributed by atoms with Crippen LogP contribution in [-0.4, -0.2) is 36.3 Å². The molecule has 1 aliphatic heterocycles. The number of piperidine rings is 1. The van der Waals surface area contributed by atoms with Crippen molar-refractivity contribution in [2.45, 2.75) is 25.0 Å². The fourth-order valence-corrected chi connectivity index (χ4v) is 3.24. The second-order valence-corrected chi connectivity index (χ2v) is 5.96. The third kappa shape index (κ3) is 3.49. The van der Waals surface area contributed by atoms with Gasteiger partial charge in [-0.2, -0.15) is 0 Å². The number of aliphatic hydroxyl groups is 1. The molecule has 116 valence electrons. The Kier molecular flexibility index (Phi) is 4.76. The van der Waals surface area contributed by atoms with Gasteiger partial charge in [0.05, 0.1) is 13.2 Å². The number of methoxy groups -OCH3 is 1. The SMILES string of the molecule is COc1cccc(C2CCN(Cc3ccccc3)CC2O)c1. The van der Waals surface area contributed by atoms with Crippen molar-refractivity contribution in [3.05, 3.63) is 65.7 Å². The van der Waals surface area contributed by atoms with Crippen LogP contribution in [0.3, 0.4) is 0 Å². The lowest BCUT2D eigenvalue weighted by molar-refractivity contribution is 0.0476. The molecule has 0 bridgehead atoms. The van der Waals surface area contributed by atoms with Gasteiger partial charge in [0.25, 0.3) is 0 Å². The normalized spacial score (nSPS) is 22.5. The molecular formula is C19H23NO2. The van der Waals surface area contributed by atoms with E-state index in [2.05, 4.69) is 35.2 Å². The van der Waals surface area contributed by atoms with Gasteiger partial charge < -0.3 is 9.84 Å². The third-order valence-corrected chi connectivity index (χ3v) is 4.44. The molecule has 1 fully saturated rings. The molecule has 2 atom stereocenters. The smallest absolute Gasteiger partial charge is 0.119 e. The molecule has 1 aliphatic rings. The minimum absolute atomic E-state index is 0.196. The topological polar surface area (TPSA) is 32.7 Å². The van der Waals surface area contributed by atoms with Crippen LogP contribution in [-0.2, 0) is 6.54 Å². The largest absolute Gasteiger partial charge is 0.497 e. The van der Waals surface area contributed by atoms with Gasteiger partial charge in [0, 0.05) is 19.0 Å². The van der Waals surface area contributed by atoms with Crippen LogP contribution in [0.5, 0.6) is 5.75 Å². The fraction of sp³-hybridized carbons (Fsp3) is 0.368. The Balaban J connectivity index is 1.64. The van der Waals surface area contributed by atoms with Crippen molar-refractivity contribution in [2.75, 3.05) is 20.2 Å². The van der Waals surface area contributed by atoms with Gasteiger partial charge in [-0.25, -0.2) is 0 Å². The van der Waals surface area contributed by atoms with Gasteiger partial charge in [-0.15, -0.1) is 0 Å². The number of hydrogen-bond donors (Lipinski definition) is 1. The van der Waals surface area contributed by atoms with E-state index in [0.29, 0.717) is 0 Å². The Bertz CT molecular complexity index is 599. The van der Waals surface area contributed by atoms with Crippen molar-refractivity contribution in [3.63, 3.8) is 0 Å². The van der Waals surface area contributed by atoms with Crippen molar-refractivity contribution in [1.82, 2.24) is 4.90 Å². The summed E-state index contributed by atoms with van der Waals surface area (Å²) in [4.78, 5) is 2.33. The van der Waals surface area contributed by atoms with Crippen molar-refractivity contribution in [2.24, 2.45) is 0 Å². The highest BCUT2D eigenvalue weighted by molar-refractivity contribution is 5.32.